The summed E-state index contributed by atoms with van der Waals surface area (Å²) >= 11 is 0. The van der Waals surface area contributed by atoms with E-state index in [0.717, 1.165) is 5.56 Å². The third kappa shape index (κ3) is 2.24. The highest BCUT2D eigenvalue weighted by atomic mass is 19.1. The van der Waals surface area contributed by atoms with Crippen molar-refractivity contribution in [3.63, 3.8) is 0 Å². The number of alkyl halides is 1. The first kappa shape index (κ1) is 11.1. The molecule has 1 amide bonds. The Hall–Kier alpha value is -1.36. The maximum Gasteiger partial charge on any atom is 0.234 e. The van der Waals surface area contributed by atoms with Crippen molar-refractivity contribution < 1.29 is 9.18 Å². The van der Waals surface area contributed by atoms with Crippen molar-refractivity contribution in [1.82, 2.24) is 9.47 Å². The monoisotopic (exact) mass is 225 g/mol. The van der Waals surface area contributed by atoms with Gasteiger partial charge in [-0.3, -0.25) is 9.69 Å². The number of hydrogen-bond acceptors (Lipinski definition) is 2. The topological polar surface area (TPSA) is 51.3 Å². The van der Waals surface area contributed by atoms with Crippen LogP contribution in [-0.4, -0.2) is 34.1 Å². The molecule has 2 atom stereocenters. The van der Waals surface area contributed by atoms with E-state index in [2.05, 4.69) is 0 Å². The molecule has 0 saturated carbocycles. The molecule has 1 saturated heterocycles. The molecular weight excluding hydrogens is 209 g/mol. The number of nitrogens with zero attached hydrogens (tertiary/aromatic N) is 2. The summed E-state index contributed by atoms with van der Waals surface area (Å²) in [6, 6.07) is 1.50. The molecule has 0 aliphatic carbocycles. The number of carbonyl (C=O) groups excluding carboxylic acids is 1. The van der Waals surface area contributed by atoms with Crippen molar-refractivity contribution in [2.75, 3.05) is 6.54 Å². The van der Waals surface area contributed by atoms with Gasteiger partial charge in [-0.2, -0.15) is 0 Å². The maximum atomic E-state index is 13.2. The molecule has 1 aliphatic heterocycles. The molecule has 0 aromatic carbocycles. The van der Waals surface area contributed by atoms with E-state index in [0.29, 0.717) is 13.1 Å². The number of nitrogens with two attached hydrogens (primary N) is 1. The Morgan fingerprint density at radius 2 is 2.44 bits per heavy atom. The molecule has 5 heteroatoms. The molecule has 0 spiro atoms. The lowest BCUT2D eigenvalue weighted by Gasteiger charge is -2.20. The minimum atomic E-state index is -0.943. The Morgan fingerprint density at radius 1 is 1.69 bits per heavy atom. The number of primary amides is 1. The lowest BCUT2D eigenvalue weighted by atomic mass is 10.2. The number of likely N-dealkylation sites (tertiary alicyclic amines) is 1. The largest absolute Gasteiger partial charge is 0.368 e. The van der Waals surface area contributed by atoms with E-state index in [-0.39, 0.29) is 6.42 Å². The van der Waals surface area contributed by atoms with Crippen molar-refractivity contribution in [2.45, 2.75) is 25.2 Å². The average molecular weight is 225 g/mol. The molecule has 1 aromatic heterocycles. The minimum Gasteiger partial charge on any atom is -0.368 e. The number of carbonyl (C=O) groups is 1. The van der Waals surface area contributed by atoms with E-state index in [1.807, 2.05) is 35.0 Å². The summed E-state index contributed by atoms with van der Waals surface area (Å²) in [7, 11) is 1.93. The fourth-order valence-electron chi connectivity index (χ4n) is 2.21. The lowest BCUT2D eigenvalue weighted by Crippen LogP contribution is -2.39. The van der Waals surface area contributed by atoms with Crippen LogP contribution in [0.3, 0.4) is 0 Å². The van der Waals surface area contributed by atoms with Crippen molar-refractivity contribution in [3.05, 3.63) is 24.0 Å². The van der Waals surface area contributed by atoms with Crippen molar-refractivity contribution in [2.24, 2.45) is 12.8 Å². The molecular formula is C11H16FN3O. The van der Waals surface area contributed by atoms with E-state index in [4.69, 9.17) is 5.73 Å². The molecule has 0 radical (unpaired) electrons. The number of hydrogen-bond donors (Lipinski definition) is 1. The van der Waals surface area contributed by atoms with Crippen molar-refractivity contribution in [1.29, 1.82) is 0 Å². The molecule has 16 heavy (non-hydrogen) atoms. The van der Waals surface area contributed by atoms with Crippen molar-refractivity contribution in [3.8, 4) is 0 Å². The Morgan fingerprint density at radius 3 is 3.00 bits per heavy atom. The quantitative estimate of drug-likeness (QED) is 0.810. The Labute approximate surface area is 93.8 Å². The van der Waals surface area contributed by atoms with Gasteiger partial charge in [-0.15, -0.1) is 0 Å². The van der Waals surface area contributed by atoms with Gasteiger partial charge in [-0.25, -0.2) is 4.39 Å². The predicted octanol–water partition coefficient (Wildman–Crippen LogP) is 0.423. The molecule has 4 nitrogen and oxygen atoms in total. The normalized spacial score (nSPS) is 26.1. The van der Waals surface area contributed by atoms with Gasteiger partial charge in [0.1, 0.15) is 6.17 Å². The summed E-state index contributed by atoms with van der Waals surface area (Å²) in [6.45, 7) is 0.872. The molecule has 2 rings (SSSR count). The molecule has 2 heterocycles. The van der Waals surface area contributed by atoms with Crippen LogP contribution in [0.1, 0.15) is 12.0 Å². The summed E-state index contributed by atoms with van der Waals surface area (Å²) in [5, 5.41) is 0. The van der Waals surface area contributed by atoms with Gasteiger partial charge < -0.3 is 10.3 Å². The van der Waals surface area contributed by atoms with E-state index < -0.39 is 18.1 Å². The average Bonchev–Trinajstić information content (AvgIpc) is 2.74. The zero-order chi connectivity index (χ0) is 11.7. The van der Waals surface area contributed by atoms with E-state index >= 15 is 0 Å². The summed E-state index contributed by atoms with van der Waals surface area (Å²) in [6.07, 6.45) is 3.17. The first-order valence-electron chi connectivity index (χ1n) is 5.34. The lowest BCUT2D eigenvalue weighted by molar-refractivity contribution is -0.122. The van der Waals surface area contributed by atoms with Gasteiger partial charge in [0.25, 0.3) is 0 Å². The molecule has 0 unspecified atom stereocenters. The third-order valence-electron chi connectivity index (χ3n) is 2.96. The fourth-order valence-corrected chi connectivity index (χ4v) is 2.21. The standard InChI is InChI=1S/C11H16FN3O/c1-14-3-2-8(5-14)6-15-7-9(12)4-10(15)11(13)16/h2-3,5,9-10H,4,6-7H2,1H3,(H2,13,16)/t9-,10+/m1/s1. The van der Waals surface area contributed by atoms with Crippen LogP contribution in [-0.2, 0) is 18.4 Å². The Balaban J connectivity index is 2.05. The predicted molar refractivity (Wildman–Crippen MR) is 58.3 cm³/mol. The van der Waals surface area contributed by atoms with Crippen LogP contribution in [0.15, 0.2) is 18.5 Å². The number of rotatable bonds is 3. The highest BCUT2D eigenvalue weighted by molar-refractivity contribution is 5.80. The first-order valence-corrected chi connectivity index (χ1v) is 5.34. The minimum absolute atomic E-state index is 0.224. The molecule has 1 aliphatic rings. The molecule has 88 valence electrons. The number of aryl methyl sites for hydroxylation is 1. The zero-order valence-corrected chi connectivity index (χ0v) is 9.27. The molecule has 1 fully saturated rings. The summed E-state index contributed by atoms with van der Waals surface area (Å²) in [4.78, 5) is 13.0. The zero-order valence-electron chi connectivity index (χ0n) is 9.27. The van der Waals surface area contributed by atoms with Gasteiger partial charge >= 0.3 is 0 Å². The second kappa shape index (κ2) is 4.25. The van der Waals surface area contributed by atoms with Crippen LogP contribution in [0.2, 0.25) is 0 Å². The van der Waals surface area contributed by atoms with Crippen LogP contribution in [0.25, 0.3) is 0 Å². The number of aromatic nitrogens is 1. The van der Waals surface area contributed by atoms with Crippen LogP contribution in [0.5, 0.6) is 0 Å². The summed E-state index contributed by atoms with van der Waals surface area (Å²) < 4.78 is 15.2. The number of amides is 1. The van der Waals surface area contributed by atoms with Crippen LogP contribution >= 0.6 is 0 Å². The molecule has 0 bridgehead atoms. The highest BCUT2D eigenvalue weighted by Gasteiger charge is 2.35. The van der Waals surface area contributed by atoms with Crippen LogP contribution < -0.4 is 5.73 Å². The van der Waals surface area contributed by atoms with Gasteiger partial charge in [0.2, 0.25) is 5.91 Å². The Bertz CT molecular complexity index is 390. The smallest absolute Gasteiger partial charge is 0.234 e. The van der Waals surface area contributed by atoms with E-state index in [9.17, 15) is 9.18 Å². The van der Waals surface area contributed by atoms with Gasteiger partial charge in [0.15, 0.2) is 0 Å². The molecule has 2 N–H and O–H groups in total. The first-order chi connectivity index (χ1) is 7.56. The fraction of sp³-hybridized carbons (Fsp3) is 0.545. The van der Waals surface area contributed by atoms with Gasteiger partial charge in [-0.1, -0.05) is 0 Å². The maximum absolute atomic E-state index is 13.2. The van der Waals surface area contributed by atoms with E-state index in [1.54, 1.807) is 0 Å². The number of halogens is 1. The van der Waals surface area contributed by atoms with Gasteiger partial charge in [0, 0.05) is 39.0 Å². The Kier molecular flexibility index (Phi) is 2.96. The molecule has 1 aromatic rings. The van der Waals surface area contributed by atoms with E-state index in [1.165, 1.54) is 0 Å². The third-order valence-corrected chi connectivity index (χ3v) is 2.96. The second-order valence-electron chi connectivity index (χ2n) is 4.37. The SMILES string of the molecule is Cn1ccc(CN2C[C@H](F)C[C@H]2C(N)=O)c1. The summed E-state index contributed by atoms with van der Waals surface area (Å²) in [5.41, 5.74) is 6.33. The van der Waals surface area contributed by atoms with Crippen molar-refractivity contribution >= 4 is 5.91 Å². The van der Waals surface area contributed by atoms with Gasteiger partial charge in [0.05, 0.1) is 6.04 Å². The second-order valence-corrected chi connectivity index (χ2v) is 4.37. The van der Waals surface area contributed by atoms with Crippen LogP contribution in [0.4, 0.5) is 4.39 Å². The highest BCUT2D eigenvalue weighted by Crippen LogP contribution is 2.22. The summed E-state index contributed by atoms with van der Waals surface area (Å²) in [5.74, 6) is -0.434. The van der Waals surface area contributed by atoms with Gasteiger partial charge in [-0.05, 0) is 11.6 Å². The van der Waals surface area contributed by atoms with Crippen LogP contribution in [0, 0.1) is 0 Å².